The third-order valence-corrected chi connectivity index (χ3v) is 7.33. The Balaban J connectivity index is 1.08. The molecular formula is C35H25FN4O5. The number of aromatic nitrogens is 1. The summed E-state index contributed by atoms with van der Waals surface area (Å²) in [5.74, 6) is -0.0828. The highest BCUT2D eigenvalue weighted by Crippen LogP contribution is 2.38. The first-order chi connectivity index (χ1) is 21.9. The van der Waals surface area contributed by atoms with Crippen molar-refractivity contribution >= 4 is 45.6 Å². The summed E-state index contributed by atoms with van der Waals surface area (Å²) in [5.41, 5.74) is 2.75. The number of hydrogen-bond acceptors (Lipinski definition) is 6. The van der Waals surface area contributed by atoms with Crippen LogP contribution in [0.15, 0.2) is 97.2 Å². The molecule has 2 N–H and O–H groups in total. The van der Waals surface area contributed by atoms with Crippen molar-refractivity contribution < 1.29 is 28.2 Å². The summed E-state index contributed by atoms with van der Waals surface area (Å²) in [4.78, 5) is 45.6. The molecule has 0 unspecified atom stereocenters. The first-order valence-electron chi connectivity index (χ1n) is 14.1. The third-order valence-electron chi connectivity index (χ3n) is 7.33. The Kier molecular flexibility index (Phi) is 8.16. The number of rotatable bonds is 9. The lowest BCUT2D eigenvalue weighted by molar-refractivity contribution is 0.0826. The molecule has 0 fully saturated rings. The summed E-state index contributed by atoms with van der Waals surface area (Å²) < 4.78 is 25.1. The molecule has 1 aliphatic carbocycles. The molecule has 0 radical (unpaired) electrons. The molecule has 0 saturated carbocycles. The van der Waals surface area contributed by atoms with E-state index in [1.165, 1.54) is 24.3 Å². The molecular weight excluding hydrogens is 575 g/mol. The number of pyridine rings is 1. The van der Waals surface area contributed by atoms with Gasteiger partial charge in [0.2, 0.25) is 5.69 Å². The van der Waals surface area contributed by atoms with E-state index < -0.39 is 17.8 Å². The van der Waals surface area contributed by atoms with Gasteiger partial charge in [-0.05, 0) is 79.6 Å². The van der Waals surface area contributed by atoms with Crippen LogP contribution in [0, 0.1) is 18.3 Å². The van der Waals surface area contributed by atoms with Gasteiger partial charge in [0, 0.05) is 34.1 Å². The van der Waals surface area contributed by atoms with Gasteiger partial charge in [0.25, 0.3) is 0 Å². The zero-order valence-electron chi connectivity index (χ0n) is 23.7. The maximum atomic E-state index is 13.1. The van der Waals surface area contributed by atoms with Crippen LogP contribution < -0.4 is 20.1 Å². The molecule has 1 aromatic heterocycles. The molecule has 1 heterocycles. The molecule has 0 aliphatic heterocycles. The van der Waals surface area contributed by atoms with Gasteiger partial charge in [-0.2, -0.15) is 0 Å². The number of nitrogens with one attached hydrogen (secondary N) is 2. The Hall–Kier alpha value is -6.08. The smallest absolute Gasteiger partial charge is 0.323 e. The Morgan fingerprint density at radius 3 is 2.16 bits per heavy atom. The Labute approximate surface area is 257 Å². The van der Waals surface area contributed by atoms with Crippen LogP contribution in [-0.4, -0.2) is 29.2 Å². The predicted octanol–water partition coefficient (Wildman–Crippen LogP) is 8.22. The van der Waals surface area contributed by atoms with E-state index in [1.54, 1.807) is 72.9 Å². The van der Waals surface area contributed by atoms with Gasteiger partial charge in [-0.15, -0.1) is 0 Å². The average molecular weight is 601 g/mol. The summed E-state index contributed by atoms with van der Waals surface area (Å²) in [5, 5.41) is 5.94. The summed E-state index contributed by atoms with van der Waals surface area (Å²) in [6.45, 7) is 7.92. The van der Waals surface area contributed by atoms with E-state index in [2.05, 4.69) is 20.5 Å². The van der Waals surface area contributed by atoms with E-state index in [1.807, 2.05) is 0 Å². The molecule has 0 bridgehead atoms. The van der Waals surface area contributed by atoms with Crippen molar-refractivity contribution in [1.82, 2.24) is 4.98 Å². The second-order valence-electron chi connectivity index (χ2n) is 10.3. The molecule has 222 valence electrons. The zero-order valence-corrected chi connectivity index (χ0v) is 23.7. The lowest BCUT2D eigenvalue weighted by Crippen LogP contribution is -2.19. The van der Waals surface area contributed by atoms with Gasteiger partial charge in [-0.1, -0.05) is 24.3 Å². The standard InChI is InChI=1S/C35H25FN4O5/c1-37-30-19-28-29(20-32(30)44-18-4-7-27-33(41)25-5-2-3-6-26(25)34(27)42)38-17-16-31(28)45-24-14-12-23(13-15-24)40-35(43)39-22-10-8-21(36)9-11-22/h2-3,5-6,8-17,19-20,27H,4,7,18H2,(H2,39,40,43). The van der Waals surface area contributed by atoms with Crippen LogP contribution in [0.1, 0.15) is 33.6 Å². The number of Topliss-reactive ketones (excluding diaryl/α,β-unsaturated/α-hetero) is 2. The maximum Gasteiger partial charge on any atom is 0.323 e. The number of urea groups is 1. The summed E-state index contributed by atoms with van der Waals surface area (Å²) in [6.07, 6.45) is 2.40. The molecule has 45 heavy (non-hydrogen) atoms. The molecule has 0 spiro atoms. The summed E-state index contributed by atoms with van der Waals surface area (Å²) in [7, 11) is 0. The second kappa shape index (κ2) is 12.7. The van der Waals surface area contributed by atoms with Crippen molar-refractivity contribution in [2.45, 2.75) is 12.8 Å². The molecule has 0 saturated heterocycles. The Morgan fingerprint density at radius 2 is 1.51 bits per heavy atom. The van der Waals surface area contributed by atoms with Crippen LogP contribution in [0.2, 0.25) is 0 Å². The van der Waals surface area contributed by atoms with E-state index in [0.717, 1.165) is 0 Å². The number of carbonyl (C=O) groups excluding carboxylic acids is 3. The molecule has 0 atom stereocenters. The van der Waals surface area contributed by atoms with Gasteiger partial charge >= 0.3 is 6.03 Å². The second-order valence-corrected chi connectivity index (χ2v) is 10.3. The number of hydrogen-bond donors (Lipinski definition) is 2. The largest absolute Gasteiger partial charge is 0.505 e. The molecule has 9 nitrogen and oxygen atoms in total. The number of halogens is 1. The fourth-order valence-electron chi connectivity index (χ4n) is 5.13. The lowest BCUT2D eigenvalue weighted by atomic mass is 9.98. The van der Waals surface area contributed by atoms with Gasteiger partial charge in [-0.25, -0.2) is 14.0 Å². The molecule has 1 aliphatic rings. The number of ether oxygens (including phenoxy) is 2. The van der Waals surface area contributed by atoms with E-state index in [4.69, 9.17) is 16.0 Å². The maximum absolute atomic E-state index is 13.1. The molecule has 5 aromatic rings. The van der Waals surface area contributed by atoms with Crippen molar-refractivity contribution in [2.24, 2.45) is 5.92 Å². The van der Waals surface area contributed by atoms with E-state index >= 15 is 0 Å². The minimum atomic E-state index is -0.701. The topological polar surface area (TPSA) is 111 Å². The van der Waals surface area contributed by atoms with Gasteiger partial charge in [0.1, 0.15) is 23.1 Å². The minimum absolute atomic E-state index is 0.154. The summed E-state index contributed by atoms with van der Waals surface area (Å²) in [6, 6.07) is 23.5. The van der Waals surface area contributed by atoms with Crippen molar-refractivity contribution in [1.29, 1.82) is 0 Å². The highest BCUT2D eigenvalue weighted by Gasteiger charge is 2.37. The fourth-order valence-corrected chi connectivity index (χ4v) is 5.13. The van der Waals surface area contributed by atoms with Crippen LogP contribution in [0.4, 0.5) is 26.2 Å². The zero-order chi connectivity index (χ0) is 31.3. The van der Waals surface area contributed by atoms with E-state index in [9.17, 15) is 18.8 Å². The number of amides is 2. The number of fused-ring (bicyclic) bond motifs is 2. The van der Waals surface area contributed by atoms with Gasteiger partial charge in [0.05, 0.1) is 24.6 Å². The minimum Gasteiger partial charge on any atom is -0.505 e. The van der Waals surface area contributed by atoms with E-state index in [-0.39, 0.29) is 23.9 Å². The van der Waals surface area contributed by atoms with Gasteiger partial charge < -0.3 is 20.1 Å². The SMILES string of the molecule is [C-]#[N+]c1cc2c(Oc3ccc(NC(=O)Nc4ccc(F)cc4)cc3)ccnc2cc1OCCCC1C(=O)c2ccccc2C1=O. The molecule has 4 aromatic carbocycles. The number of ketones is 2. The number of anilines is 2. The number of nitrogens with zero attached hydrogens (tertiary/aromatic N) is 2. The summed E-state index contributed by atoms with van der Waals surface area (Å²) >= 11 is 0. The quantitative estimate of drug-likeness (QED) is 0.100. The monoisotopic (exact) mass is 600 g/mol. The van der Waals surface area contributed by atoms with Crippen molar-refractivity contribution in [3.63, 3.8) is 0 Å². The van der Waals surface area contributed by atoms with Crippen LogP contribution >= 0.6 is 0 Å². The highest BCUT2D eigenvalue weighted by molar-refractivity contribution is 6.26. The molecule has 10 heteroatoms. The first-order valence-corrected chi connectivity index (χ1v) is 14.1. The van der Waals surface area contributed by atoms with E-state index in [0.29, 0.717) is 63.5 Å². The number of benzene rings is 4. The Bertz CT molecular complexity index is 1940. The van der Waals surface area contributed by atoms with Crippen LogP contribution in [0.25, 0.3) is 15.7 Å². The Morgan fingerprint density at radius 1 is 0.867 bits per heavy atom. The van der Waals surface area contributed by atoms with Gasteiger partial charge in [0.15, 0.2) is 11.6 Å². The molecule has 2 amide bonds. The number of carbonyl (C=O) groups is 3. The van der Waals surface area contributed by atoms with Crippen LogP contribution in [0.3, 0.4) is 0 Å². The lowest BCUT2D eigenvalue weighted by Gasteiger charge is -2.13. The van der Waals surface area contributed by atoms with Crippen molar-refractivity contribution in [3.8, 4) is 17.2 Å². The average Bonchev–Trinajstić information content (AvgIpc) is 3.29. The van der Waals surface area contributed by atoms with Crippen LogP contribution in [0.5, 0.6) is 17.2 Å². The first kappa shape index (κ1) is 29.0. The van der Waals surface area contributed by atoms with Crippen molar-refractivity contribution in [3.05, 3.63) is 126 Å². The van der Waals surface area contributed by atoms with Crippen LogP contribution in [-0.2, 0) is 0 Å². The molecule has 6 rings (SSSR count). The third kappa shape index (κ3) is 6.33. The van der Waals surface area contributed by atoms with Gasteiger partial charge in [-0.3, -0.25) is 14.6 Å². The predicted molar refractivity (Wildman–Crippen MR) is 167 cm³/mol. The highest BCUT2D eigenvalue weighted by atomic mass is 19.1. The van der Waals surface area contributed by atoms with Crippen molar-refractivity contribution in [2.75, 3.05) is 17.2 Å². The normalized spacial score (nSPS) is 12.4. The fraction of sp³-hybridized carbons (Fsp3) is 0.114.